The Labute approximate surface area is 130 Å². The molecule has 1 nitrogen and oxygen atoms in total. The van der Waals surface area contributed by atoms with Crippen molar-refractivity contribution in [3.05, 3.63) is 70.7 Å². The zero-order valence-electron chi connectivity index (χ0n) is 10.5. The van der Waals surface area contributed by atoms with Crippen molar-refractivity contribution in [3.8, 4) is 6.07 Å². The first kappa shape index (κ1) is 13.2. The van der Waals surface area contributed by atoms with Crippen molar-refractivity contribution in [2.45, 2.75) is 9.79 Å². The third-order valence-electron chi connectivity index (χ3n) is 3.01. The Bertz CT molecular complexity index is 821. The van der Waals surface area contributed by atoms with Gasteiger partial charge in [0.15, 0.2) is 0 Å². The van der Waals surface area contributed by atoms with Gasteiger partial charge in [0.2, 0.25) is 0 Å². The van der Waals surface area contributed by atoms with Gasteiger partial charge in [-0.15, -0.1) is 0 Å². The van der Waals surface area contributed by atoms with Gasteiger partial charge in [-0.1, -0.05) is 58.0 Å². The van der Waals surface area contributed by atoms with Crippen LogP contribution in [0, 0.1) is 11.3 Å². The molecule has 3 aromatic carbocycles. The maximum absolute atomic E-state index is 9.18. The number of rotatable bonds is 2. The lowest BCUT2D eigenvalue weighted by Gasteiger charge is -2.06. The maximum atomic E-state index is 9.18. The number of halogens is 1. The van der Waals surface area contributed by atoms with Crippen molar-refractivity contribution in [2.75, 3.05) is 0 Å². The van der Waals surface area contributed by atoms with Gasteiger partial charge in [-0.2, -0.15) is 5.26 Å². The molecule has 0 spiro atoms. The third-order valence-corrected chi connectivity index (χ3v) is 4.55. The summed E-state index contributed by atoms with van der Waals surface area (Å²) in [5.41, 5.74) is 0.700. The van der Waals surface area contributed by atoms with E-state index in [4.69, 9.17) is 0 Å². The normalized spacial score (nSPS) is 10.4. The number of hydrogen-bond acceptors (Lipinski definition) is 2. The molecular weight excluding hydrogens is 330 g/mol. The minimum Gasteiger partial charge on any atom is -0.192 e. The highest BCUT2D eigenvalue weighted by Crippen LogP contribution is 2.33. The average molecular weight is 340 g/mol. The Hall–Kier alpha value is -1.76. The molecule has 0 aliphatic heterocycles. The second kappa shape index (κ2) is 5.70. The molecule has 0 aliphatic carbocycles. The van der Waals surface area contributed by atoms with E-state index in [-0.39, 0.29) is 0 Å². The van der Waals surface area contributed by atoms with Gasteiger partial charge >= 0.3 is 0 Å². The second-order valence-corrected chi connectivity index (χ2v) is 6.39. The van der Waals surface area contributed by atoms with Crippen LogP contribution in [0.5, 0.6) is 0 Å². The van der Waals surface area contributed by atoms with Gasteiger partial charge in [0.25, 0.3) is 0 Å². The Morgan fingerprint density at radius 3 is 2.50 bits per heavy atom. The molecule has 0 unspecified atom stereocenters. The molecule has 0 fully saturated rings. The van der Waals surface area contributed by atoms with E-state index in [1.165, 1.54) is 10.8 Å². The summed E-state index contributed by atoms with van der Waals surface area (Å²) in [6.45, 7) is 0. The van der Waals surface area contributed by atoms with Crippen LogP contribution < -0.4 is 0 Å². The molecule has 96 valence electrons. The molecule has 0 atom stereocenters. The summed E-state index contributed by atoms with van der Waals surface area (Å²) in [7, 11) is 0. The minimum absolute atomic E-state index is 0.700. The van der Waals surface area contributed by atoms with E-state index in [0.717, 1.165) is 14.3 Å². The Morgan fingerprint density at radius 1 is 0.900 bits per heavy atom. The summed E-state index contributed by atoms with van der Waals surface area (Å²) in [6, 6.07) is 22.6. The molecule has 3 rings (SSSR count). The first-order valence-electron chi connectivity index (χ1n) is 6.12. The number of nitrogens with zero attached hydrogens (tertiary/aromatic N) is 1. The van der Waals surface area contributed by atoms with Gasteiger partial charge in [0, 0.05) is 14.3 Å². The van der Waals surface area contributed by atoms with Crippen molar-refractivity contribution in [1.82, 2.24) is 0 Å². The highest BCUT2D eigenvalue weighted by molar-refractivity contribution is 9.10. The van der Waals surface area contributed by atoms with Crippen molar-refractivity contribution < 1.29 is 0 Å². The van der Waals surface area contributed by atoms with Crippen molar-refractivity contribution >= 4 is 38.5 Å². The predicted molar refractivity (Wildman–Crippen MR) is 86.9 cm³/mol. The van der Waals surface area contributed by atoms with Gasteiger partial charge in [0.05, 0.1) is 5.56 Å². The molecule has 0 bridgehead atoms. The van der Waals surface area contributed by atoms with Gasteiger partial charge < -0.3 is 0 Å². The standard InChI is InChI=1S/C17H10BrNS/c18-15-7-5-14(11-19)17(10-15)20-16-8-6-12-3-1-2-4-13(12)9-16/h1-10H. The summed E-state index contributed by atoms with van der Waals surface area (Å²) in [4.78, 5) is 2.11. The van der Waals surface area contributed by atoms with Crippen molar-refractivity contribution in [2.24, 2.45) is 0 Å². The smallest absolute Gasteiger partial charge is 0.100 e. The molecule has 0 radical (unpaired) electrons. The Balaban J connectivity index is 2.01. The molecular formula is C17H10BrNS. The number of fused-ring (bicyclic) bond motifs is 1. The summed E-state index contributed by atoms with van der Waals surface area (Å²) in [5.74, 6) is 0. The Morgan fingerprint density at radius 2 is 1.70 bits per heavy atom. The molecule has 0 aromatic heterocycles. The Kier molecular flexibility index (Phi) is 3.77. The quantitative estimate of drug-likeness (QED) is 0.604. The predicted octanol–water partition coefficient (Wildman–Crippen LogP) is 5.63. The van der Waals surface area contributed by atoms with Gasteiger partial charge in [0.1, 0.15) is 6.07 Å². The highest BCUT2D eigenvalue weighted by atomic mass is 79.9. The van der Waals surface area contributed by atoms with Crippen LogP contribution in [0.15, 0.2) is 74.9 Å². The zero-order chi connectivity index (χ0) is 13.9. The summed E-state index contributed by atoms with van der Waals surface area (Å²) in [5, 5.41) is 11.6. The lowest BCUT2D eigenvalue weighted by atomic mass is 10.1. The maximum Gasteiger partial charge on any atom is 0.100 e. The molecule has 0 saturated carbocycles. The zero-order valence-corrected chi connectivity index (χ0v) is 12.9. The lowest BCUT2D eigenvalue weighted by molar-refractivity contribution is 1.34. The monoisotopic (exact) mass is 339 g/mol. The molecule has 3 heteroatoms. The van der Waals surface area contributed by atoms with E-state index >= 15 is 0 Å². The summed E-state index contributed by atoms with van der Waals surface area (Å²) < 4.78 is 0.986. The topological polar surface area (TPSA) is 23.8 Å². The van der Waals surface area contributed by atoms with Crippen molar-refractivity contribution in [3.63, 3.8) is 0 Å². The van der Waals surface area contributed by atoms with Gasteiger partial charge in [-0.25, -0.2) is 0 Å². The number of benzene rings is 3. The van der Waals surface area contributed by atoms with Crippen LogP contribution in [0.4, 0.5) is 0 Å². The molecule has 0 amide bonds. The number of nitriles is 1. The van der Waals surface area contributed by atoms with Crippen molar-refractivity contribution in [1.29, 1.82) is 5.26 Å². The fraction of sp³-hybridized carbons (Fsp3) is 0. The van der Waals surface area contributed by atoms with E-state index in [9.17, 15) is 5.26 Å². The highest BCUT2D eigenvalue weighted by Gasteiger charge is 2.05. The molecule has 0 heterocycles. The van der Waals surface area contributed by atoms with E-state index in [2.05, 4.69) is 52.3 Å². The van der Waals surface area contributed by atoms with Crippen LogP contribution >= 0.6 is 27.7 Å². The van der Waals surface area contributed by atoms with Crippen LogP contribution in [0.1, 0.15) is 5.56 Å². The van der Waals surface area contributed by atoms with Crippen LogP contribution in [0.3, 0.4) is 0 Å². The molecule has 3 aromatic rings. The van der Waals surface area contributed by atoms with E-state index in [0.29, 0.717) is 5.56 Å². The van der Waals surface area contributed by atoms with Crippen LogP contribution in [0.25, 0.3) is 10.8 Å². The molecule has 0 N–H and O–H groups in total. The first-order valence-corrected chi connectivity index (χ1v) is 7.73. The SMILES string of the molecule is N#Cc1ccc(Br)cc1Sc1ccc2ccccc2c1. The van der Waals surface area contributed by atoms with Crippen LogP contribution in [0.2, 0.25) is 0 Å². The van der Waals surface area contributed by atoms with E-state index in [1.807, 2.05) is 30.3 Å². The lowest BCUT2D eigenvalue weighted by Crippen LogP contribution is -1.82. The summed E-state index contributed by atoms with van der Waals surface area (Å²) >= 11 is 5.07. The van der Waals surface area contributed by atoms with Crippen LogP contribution in [-0.2, 0) is 0 Å². The molecule has 0 saturated heterocycles. The third kappa shape index (κ3) is 2.72. The fourth-order valence-corrected chi connectivity index (χ4v) is 3.53. The van der Waals surface area contributed by atoms with Gasteiger partial charge in [-0.05, 0) is 41.1 Å². The largest absolute Gasteiger partial charge is 0.192 e. The van der Waals surface area contributed by atoms with E-state index in [1.54, 1.807) is 11.8 Å². The molecule has 20 heavy (non-hydrogen) atoms. The summed E-state index contributed by atoms with van der Waals surface area (Å²) in [6.07, 6.45) is 0. The average Bonchev–Trinajstić information content (AvgIpc) is 2.47. The fourth-order valence-electron chi connectivity index (χ4n) is 2.03. The van der Waals surface area contributed by atoms with Crippen LogP contribution in [-0.4, -0.2) is 0 Å². The minimum atomic E-state index is 0.700. The van der Waals surface area contributed by atoms with E-state index < -0.39 is 0 Å². The first-order chi connectivity index (χ1) is 9.76. The molecule has 0 aliphatic rings. The number of hydrogen-bond donors (Lipinski definition) is 0. The second-order valence-electron chi connectivity index (χ2n) is 4.36. The van der Waals surface area contributed by atoms with Gasteiger partial charge in [-0.3, -0.25) is 0 Å².